The fourth-order valence-electron chi connectivity index (χ4n) is 3.50. The van der Waals surface area contributed by atoms with Crippen molar-refractivity contribution in [2.75, 3.05) is 6.54 Å². The molecule has 1 heterocycles. The van der Waals surface area contributed by atoms with Gasteiger partial charge in [-0.2, -0.15) is 0 Å². The molecule has 1 amide bonds. The van der Waals surface area contributed by atoms with Gasteiger partial charge >= 0.3 is 0 Å². The lowest BCUT2D eigenvalue weighted by Gasteiger charge is -2.36. The van der Waals surface area contributed by atoms with Gasteiger partial charge in [0.05, 0.1) is 6.04 Å². The van der Waals surface area contributed by atoms with Crippen LogP contribution in [0.4, 0.5) is 0 Å². The Morgan fingerprint density at radius 3 is 2.50 bits per heavy atom. The molecule has 2 rings (SSSR count). The highest BCUT2D eigenvalue weighted by Crippen LogP contribution is 2.30. The van der Waals surface area contributed by atoms with Gasteiger partial charge in [0.25, 0.3) is 0 Å². The van der Waals surface area contributed by atoms with Crippen LogP contribution in [0, 0.1) is 11.8 Å². The Morgan fingerprint density at radius 1 is 1.11 bits per heavy atom. The van der Waals surface area contributed by atoms with Gasteiger partial charge in [0.1, 0.15) is 0 Å². The van der Waals surface area contributed by atoms with Gasteiger partial charge in [0.15, 0.2) is 0 Å². The molecular formula is C15H28N2O. The molecule has 1 saturated heterocycles. The van der Waals surface area contributed by atoms with Crippen LogP contribution in [0.25, 0.3) is 0 Å². The van der Waals surface area contributed by atoms with E-state index in [-0.39, 0.29) is 11.9 Å². The van der Waals surface area contributed by atoms with Crippen molar-refractivity contribution in [1.82, 2.24) is 10.6 Å². The first kappa shape index (κ1) is 13.9. The molecule has 2 N–H and O–H groups in total. The summed E-state index contributed by atoms with van der Waals surface area (Å²) in [6.07, 6.45) is 8.45. The molecule has 1 aliphatic heterocycles. The summed E-state index contributed by atoms with van der Waals surface area (Å²) in [5, 5.41) is 6.66. The van der Waals surface area contributed by atoms with E-state index in [0.717, 1.165) is 13.0 Å². The van der Waals surface area contributed by atoms with Gasteiger partial charge in [-0.15, -0.1) is 0 Å². The molecule has 1 saturated carbocycles. The molecule has 18 heavy (non-hydrogen) atoms. The van der Waals surface area contributed by atoms with Crippen molar-refractivity contribution < 1.29 is 4.79 Å². The lowest BCUT2D eigenvalue weighted by Crippen LogP contribution is -2.52. The van der Waals surface area contributed by atoms with Gasteiger partial charge in [-0.1, -0.05) is 33.1 Å². The van der Waals surface area contributed by atoms with Crippen molar-refractivity contribution in [3.63, 3.8) is 0 Å². The van der Waals surface area contributed by atoms with Crippen LogP contribution >= 0.6 is 0 Å². The molecule has 2 aliphatic rings. The summed E-state index contributed by atoms with van der Waals surface area (Å²) in [6, 6.07) is 0.475. The first-order valence-corrected chi connectivity index (χ1v) is 7.72. The minimum atomic E-state index is 0.0634. The number of piperidine rings is 1. The van der Waals surface area contributed by atoms with Gasteiger partial charge in [0, 0.05) is 6.04 Å². The molecule has 0 aromatic carbocycles. The molecule has 0 aromatic heterocycles. The molecular weight excluding hydrogens is 224 g/mol. The maximum Gasteiger partial charge on any atom is 0.237 e. The summed E-state index contributed by atoms with van der Waals surface area (Å²) < 4.78 is 0. The molecule has 3 nitrogen and oxygen atoms in total. The van der Waals surface area contributed by atoms with Crippen molar-refractivity contribution in [2.24, 2.45) is 11.8 Å². The summed E-state index contributed by atoms with van der Waals surface area (Å²) in [5.41, 5.74) is 0. The molecule has 104 valence electrons. The standard InChI is InChI=1S/C15H28N2O/c1-11(2)12-7-3-4-8-13(12)17-15(18)14-9-5-6-10-16-14/h11-14,16H,3-10H2,1-2H3,(H,17,18). The predicted molar refractivity (Wildman–Crippen MR) is 74.4 cm³/mol. The monoisotopic (exact) mass is 252 g/mol. The Balaban J connectivity index is 1.87. The fourth-order valence-corrected chi connectivity index (χ4v) is 3.50. The zero-order valence-corrected chi connectivity index (χ0v) is 11.9. The predicted octanol–water partition coefficient (Wildman–Crippen LogP) is 2.46. The first-order chi connectivity index (χ1) is 8.68. The van der Waals surface area contributed by atoms with Crippen molar-refractivity contribution in [3.8, 4) is 0 Å². The summed E-state index contributed by atoms with van der Waals surface area (Å²) >= 11 is 0. The van der Waals surface area contributed by atoms with Crippen LogP contribution in [0.1, 0.15) is 58.8 Å². The summed E-state index contributed by atoms with van der Waals surface area (Å²) in [5.74, 6) is 1.59. The van der Waals surface area contributed by atoms with Crippen LogP contribution in [-0.2, 0) is 4.79 Å². The van der Waals surface area contributed by atoms with E-state index in [0.29, 0.717) is 17.9 Å². The number of carbonyl (C=O) groups is 1. The van der Waals surface area contributed by atoms with E-state index < -0.39 is 0 Å². The van der Waals surface area contributed by atoms with Crippen molar-refractivity contribution in [1.29, 1.82) is 0 Å². The number of hydrogen-bond acceptors (Lipinski definition) is 2. The summed E-state index contributed by atoms with van der Waals surface area (Å²) in [4.78, 5) is 12.3. The maximum absolute atomic E-state index is 12.3. The highest BCUT2D eigenvalue weighted by molar-refractivity contribution is 5.82. The number of rotatable bonds is 3. The quantitative estimate of drug-likeness (QED) is 0.810. The average molecular weight is 252 g/mol. The molecule has 0 radical (unpaired) electrons. The molecule has 3 atom stereocenters. The van der Waals surface area contributed by atoms with Gasteiger partial charge in [-0.05, 0) is 44.1 Å². The second-order valence-corrected chi connectivity index (χ2v) is 6.31. The van der Waals surface area contributed by atoms with E-state index in [9.17, 15) is 4.79 Å². The van der Waals surface area contributed by atoms with Crippen LogP contribution in [-0.4, -0.2) is 24.5 Å². The molecule has 3 unspecified atom stereocenters. The van der Waals surface area contributed by atoms with E-state index >= 15 is 0 Å². The van der Waals surface area contributed by atoms with Crippen molar-refractivity contribution in [2.45, 2.75) is 70.9 Å². The van der Waals surface area contributed by atoms with Crippen molar-refractivity contribution >= 4 is 5.91 Å². The summed E-state index contributed by atoms with van der Waals surface area (Å²) in [6.45, 7) is 5.57. The SMILES string of the molecule is CC(C)C1CCCCC1NC(=O)C1CCCCN1. The maximum atomic E-state index is 12.3. The Hall–Kier alpha value is -0.570. The Bertz CT molecular complexity index is 272. The third kappa shape index (κ3) is 3.47. The second-order valence-electron chi connectivity index (χ2n) is 6.31. The largest absolute Gasteiger partial charge is 0.352 e. The Kier molecular flexibility index (Phi) is 5.04. The van der Waals surface area contributed by atoms with Crippen LogP contribution in [0.15, 0.2) is 0 Å². The topological polar surface area (TPSA) is 41.1 Å². The highest BCUT2D eigenvalue weighted by Gasteiger charge is 2.30. The minimum absolute atomic E-state index is 0.0634. The molecule has 0 spiro atoms. The van der Waals surface area contributed by atoms with E-state index in [4.69, 9.17) is 0 Å². The molecule has 3 heteroatoms. The fraction of sp³-hybridized carbons (Fsp3) is 0.933. The third-order valence-corrected chi connectivity index (χ3v) is 4.63. The van der Waals surface area contributed by atoms with Gasteiger partial charge in [0.2, 0.25) is 5.91 Å². The Morgan fingerprint density at radius 2 is 1.83 bits per heavy atom. The smallest absolute Gasteiger partial charge is 0.237 e. The molecule has 0 aromatic rings. The van der Waals surface area contributed by atoms with E-state index in [1.54, 1.807) is 0 Å². The lowest BCUT2D eigenvalue weighted by atomic mass is 9.77. The zero-order valence-electron chi connectivity index (χ0n) is 11.9. The van der Waals surface area contributed by atoms with Gasteiger partial charge in [-0.3, -0.25) is 4.79 Å². The van der Waals surface area contributed by atoms with Gasteiger partial charge in [-0.25, -0.2) is 0 Å². The third-order valence-electron chi connectivity index (χ3n) is 4.63. The highest BCUT2D eigenvalue weighted by atomic mass is 16.2. The lowest BCUT2D eigenvalue weighted by molar-refractivity contribution is -0.125. The number of hydrogen-bond donors (Lipinski definition) is 2. The van der Waals surface area contributed by atoms with Crippen LogP contribution in [0.5, 0.6) is 0 Å². The normalized spacial score (nSPS) is 33.4. The second kappa shape index (κ2) is 6.55. The van der Waals surface area contributed by atoms with E-state index in [2.05, 4.69) is 24.5 Å². The minimum Gasteiger partial charge on any atom is -0.352 e. The van der Waals surface area contributed by atoms with Gasteiger partial charge < -0.3 is 10.6 Å². The molecule has 1 aliphatic carbocycles. The first-order valence-electron chi connectivity index (χ1n) is 7.72. The molecule has 0 bridgehead atoms. The van der Waals surface area contributed by atoms with E-state index in [1.807, 2.05) is 0 Å². The van der Waals surface area contributed by atoms with Crippen LogP contribution < -0.4 is 10.6 Å². The number of nitrogens with one attached hydrogen (secondary N) is 2. The average Bonchev–Trinajstić information content (AvgIpc) is 2.40. The summed E-state index contributed by atoms with van der Waals surface area (Å²) in [7, 11) is 0. The molecule has 2 fully saturated rings. The number of carbonyl (C=O) groups excluding carboxylic acids is 1. The van der Waals surface area contributed by atoms with Crippen LogP contribution in [0.2, 0.25) is 0 Å². The Labute approximate surface area is 111 Å². The van der Waals surface area contributed by atoms with Crippen molar-refractivity contribution in [3.05, 3.63) is 0 Å². The number of amides is 1. The van der Waals surface area contributed by atoms with E-state index in [1.165, 1.54) is 38.5 Å². The van der Waals surface area contributed by atoms with Crippen LogP contribution in [0.3, 0.4) is 0 Å². The zero-order chi connectivity index (χ0) is 13.0.